The highest BCUT2D eigenvalue weighted by molar-refractivity contribution is 5.74. The Labute approximate surface area is 122 Å². The monoisotopic (exact) mass is 283 g/mol. The van der Waals surface area contributed by atoms with Crippen LogP contribution < -0.4 is 10.6 Å². The largest absolute Gasteiger partial charge is 0.377 e. The fourth-order valence-electron chi connectivity index (χ4n) is 3.41. The summed E-state index contributed by atoms with van der Waals surface area (Å²) < 4.78 is 5.74. The quantitative estimate of drug-likeness (QED) is 0.803. The van der Waals surface area contributed by atoms with Gasteiger partial charge >= 0.3 is 6.03 Å². The van der Waals surface area contributed by atoms with E-state index in [4.69, 9.17) is 4.74 Å². The van der Waals surface area contributed by atoms with Crippen LogP contribution >= 0.6 is 0 Å². The number of hydrogen-bond acceptors (Lipinski definition) is 3. The lowest BCUT2D eigenvalue weighted by molar-refractivity contribution is -0.108. The third-order valence-electron chi connectivity index (χ3n) is 5.02. The molecule has 20 heavy (non-hydrogen) atoms. The summed E-state index contributed by atoms with van der Waals surface area (Å²) in [6.45, 7) is 11.0. The molecule has 1 heterocycles. The molecule has 116 valence electrons. The molecule has 0 aromatic rings. The highest BCUT2D eigenvalue weighted by Gasteiger charge is 2.59. The third kappa shape index (κ3) is 2.93. The molecule has 1 saturated carbocycles. The van der Waals surface area contributed by atoms with E-state index < -0.39 is 0 Å². The van der Waals surface area contributed by atoms with Crippen LogP contribution in [0.1, 0.15) is 34.1 Å². The van der Waals surface area contributed by atoms with Gasteiger partial charge in [0.05, 0.1) is 6.10 Å². The van der Waals surface area contributed by atoms with Gasteiger partial charge in [-0.1, -0.05) is 13.8 Å². The van der Waals surface area contributed by atoms with Crippen LogP contribution in [0.5, 0.6) is 0 Å². The lowest BCUT2D eigenvalue weighted by atomic mass is 9.57. The summed E-state index contributed by atoms with van der Waals surface area (Å²) in [5, 5.41) is 6.09. The second-order valence-corrected chi connectivity index (χ2v) is 7.02. The first kappa shape index (κ1) is 15.6. The maximum atomic E-state index is 12.0. The Kier molecular flexibility index (Phi) is 4.59. The number of nitrogens with zero attached hydrogens (tertiary/aromatic N) is 1. The molecule has 2 amide bonds. The molecule has 5 nitrogen and oxygen atoms in total. The van der Waals surface area contributed by atoms with Crippen molar-refractivity contribution in [3.05, 3.63) is 0 Å². The zero-order valence-corrected chi connectivity index (χ0v) is 13.4. The molecular formula is C15H29N3O2. The van der Waals surface area contributed by atoms with Gasteiger partial charge < -0.3 is 20.3 Å². The van der Waals surface area contributed by atoms with Gasteiger partial charge in [0, 0.05) is 43.1 Å². The van der Waals surface area contributed by atoms with Gasteiger partial charge in [-0.2, -0.15) is 0 Å². The maximum Gasteiger partial charge on any atom is 0.315 e. The first-order chi connectivity index (χ1) is 9.34. The van der Waals surface area contributed by atoms with Gasteiger partial charge in [0.25, 0.3) is 0 Å². The van der Waals surface area contributed by atoms with E-state index in [0.29, 0.717) is 24.6 Å². The van der Waals surface area contributed by atoms with Crippen LogP contribution in [-0.4, -0.2) is 55.9 Å². The van der Waals surface area contributed by atoms with E-state index in [1.54, 1.807) is 0 Å². The SMILES string of the molecule is CC(C)N(C)CCNC(=O)N[C@@H]1[C@H]2CCO[C@@H]2C1(C)C. The Hall–Kier alpha value is -0.810. The number of fused-ring (bicyclic) bond motifs is 1. The van der Waals surface area contributed by atoms with E-state index in [2.05, 4.69) is 50.3 Å². The van der Waals surface area contributed by atoms with Crippen LogP contribution in [0, 0.1) is 11.3 Å². The van der Waals surface area contributed by atoms with Crippen molar-refractivity contribution in [1.82, 2.24) is 15.5 Å². The van der Waals surface area contributed by atoms with Crippen molar-refractivity contribution in [3.8, 4) is 0 Å². The predicted molar refractivity (Wildman–Crippen MR) is 79.7 cm³/mol. The highest BCUT2D eigenvalue weighted by atomic mass is 16.5. The zero-order valence-electron chi connectivity index (χ0n) is 13.4. The molecule has 1 aliphatic heterocycles. The first-order valence-corrected chi connectivity index (χ1v) is 7.70. The molecule has 2 aliphatic rings. The number of hydrogen-bond donors (Lipinski definition) is 2. The van der Waals surface area contributed by atoms with E-state index >= 15 is 0 Å². The van der Waals surface area contributed by atoms with E-state index in [9.17, 15) is 4.79 Å². The lowest BCUT2D eigenvalue weighted by Crippen LogP contribution is -2.67. The number of carbonyl (C=O) groups excluding carboxylic acids is 1. The normalized spacial score (nSPS) is 31.1. The van der Waals surface area contributed by atoms with Crippen molar-refractivity contribution < 1.29 is 9.53 Å². The topological polar surface area (TPSA) is 53.6 Å². The van der Waals surface area contributed by atoms with E-state index in [1.165, 1.54) is 0 Å². The molecule has 0 radical (unpaired) electrons. The Morgan fingerprint density at radius 3 is 2.80 bits per heavy atom. The summed E-state index contributed by atoms with van der Waals surface area (Å²) in [4.78, 5) is 14.2. The van der Waals surface area contributed by atoms with Crippen molar-refractivity contribution >= 4 is 6.03 Å². The average molecular weight is 283 g/mol. The van der Waals surface area contributed by atoms with Crippen LogP contribution in [-0.2, 0) is 4.74 Å². The van der Waals surface area contributed by atoms with E-state index in [0.717, 1.165) is 19.6 Å². The zero-order chi connectivity index (χ0) is 14.9. The van der Waals surface area contributed by atoms with Crippen LogP contribution in [0.4, 0.5) is 4.79 Å². The number of urea groups is 1. The minimum Gasteiger partial charge on any atom is -0.377 e. The second-order valence-electron chi connectivity index (χ2n) is 7.02. The molecule has 2 fully saturated rings. The lowest BCUT2D eigenvalue weighted by Gasteiger charge is -2.54. The number of carbonyl (C=O) groups is 1. The van der Waals surface area contributed by atoms with Crippen molar-refractivity contribution in [2.24, 2.45) is 11.3 Å². The van der Waals surface area contributed by atoms with Gasteiger partial charge in [-0.15, -0.1) is 0 Å². The van der Waals surface area contributed by atoms with Gasteiger partial charge in [0.2, 0.25) is 0 Å². The minimum atomic E-state index is -0.0504. The number of nitrogens with one attached hydrogen (secondary N) is 2. The van der Waals surface area contributed by atoms with E-state index in [-0.39, 0.29) is 17.5 Å². The van der Waals surface area contributed by atoms with Crippen molar-refractivity contribution in [2.45, 2.75) is 52.3 Å². The third-order valence-corrected chi connectivity index (χ3v) is 5.02. The maximum absolute atomic E-state index is 12.0. The molecule has 0 bridgehead atoms. The molecule has 0 aromatic carbocycles. The Bertz CT molecular complexity index is 357. The molecule has 5 heteroatoms. The molecule has 1 saturated heterocycles. The Morgan fingerprint density at radius 2 is 2.15 bits per heavy atom. The van der Waals surface area contributed by atoms with Gasteiger partial charge in [-0.3, -0.25) is 0 Å². The summed E-state index contributed by atoms with van der Waals surface area (Å²) in [7, 11) is 2.07. The van der Waals surface area contributed by atoms with Crippen molar-refractivity contribution in [3.63, 3.8) is 0 Å². The Morgan fingerprint density at radius 1 is 1.45 bits per heavy atom. The summed E-state index contributed by atoms with van der Waals surface area (Å²) in [5.74, 6) is 0.495. The number of amides is 2. The summed E-state index contributed by atoms with van der Waals surface area (Å²) in [6.07, 6.45) is 1.38. The molecule has 0 spiro atoms. The molecule has 2 rings (SSSR count). The predicted octanol–water partition coefficient (Wildman–Crippen LogP) is 1.44. The summed E-state index contributed by atoms with van der Waals surface area (Å²) in [6, 6.07) is 0.685. The molecule has 3 atom stereocenters. The first-order valence-electron chi connectivity index (χ1n) is 7.70. The number of rotatable bonds is 5. The Balaban J connectivity index is 1.72. The van der Waals surface area contributed by atoms with Crippen LogP contribution in [0.15, 0.2) is 0 Å². The minimum absolute atomic E-state index is 0.0488. The van der Waals surface area contributed by atoms with Gasteiger partial charge in [0.15, 0.2) is 0 Å². The van der Waals surface area contributed by atoms with E-state index in [1.807, 2.05) is 0 Å². The van der Waals surface area contributed by atoms with Crippen LogP contribution in [0.3, 0.4) is 0 Å². The standard InChI is InChI=1S/C15H29N3O2/c1-10(2)18(5)8-7-16-14(19)17-12-11-6-9-20-13(11)15(12,3)4/h10-13H,6-9H2,1-5H3,(H2,16,17,19)/t11-,12-,13+/m1/s1. The van der Waals surface area contributed by atoms with Crippen LogP contribution in [0.2, 0.25) is 0 Å². The van der Waals surface area contributed by atoms with Crippen LogP contribution in [0.25, 0.3) is 0 Å². The molecule has 2 N–H and O–H groups in total. The molecule has 0 unspecified atom stereocenters. The average Bonchev–Trinajstić information content (AvgIpc) is 2.82. The molecular weight excluding hydrogens is 254 g/mol. The smallest absolute Gasteiger partial charge is 0.315 e. The van der Waals surface area contributed by atoms with Gasteiger partial charge in [-0.05, 0) is 27.3 Å². The fourth-order valence-corrected chi connectivity index (χ4v) is 3.41. The van der Waals surface area contributed by atoms with Crippen molar-refractivity contribution in [1.29, 1.82) is 0 Å². The number of ether oxygens (including phenoxy) is 1. The number of likely N-dealkylation sites (N-methyl/N-ethyl adjacent to an activating group) is 1. The van der Waals surface area contributed by atoms with Gasteiger partial charge in [-0.25, -0.2) is 4.79 Å². The fraction of sp³-hybridized carbons (Fsp3) is 0.933. The van der Waals surface area contributed by atoms with Gasteiger partial charge in [0.1, 0.15) is 0 Å². The highest BCUT2D eigenvalue weighted by Crippen LogP contribution is 2.51. The summed E-state index contributed by atoms with van der Waals surface area (Å²) >= 11 is 0. The summed E-state index contributed by atoms with van der Waals surface area (Å²) in [5.41, 5.74) is 0.0488. The second kappa shape index (κ2) is 5.90. The van der Waals surface area contributed by atoms with Crippen molar-refractivity contribution in [2.75, 3.05) is 26.7 Å². The molecule has 0 aromatic heterocycles. The molecule has 1 aliphatic carbocycles.